The van der Waals surface area contributed by atoms with Crippen molar-refractivity contribution in [2.45, 2.75) is 12.3 Å². The van der Waals surface area contributed by atoms with E-state index < -0.39 is 0 Å². The van der Waals surface area contributed by atoms with Gasteiger partial charge in [0.15, 0.2) is 0 Å². The Morgan fingerprint density at radius 3 is 2.31 bits per heavy atom. The Kier molecular flexibility index (Phi) is 1.97. The zero-order valence-electron chi connectivity index (χ0n) is 7.92. The highest BCUT2D eigenvalue weighted by Gasteiger charge is 2.34. The van der Waals surface area contributed by atoms with Gasteiger partial charge in [-0.15, -0.1) is 0 Å². The van der Waals surface area contributed by atoms with Crippen LogP contribution in [0.1, 0.15) is 18.1 Å². The fourth-order valence-electron chi connectivity index (χ4n) is 1.60. The molecule has 0 amide bonds. The first-order valence-electron chi connectivity index (χ1n) is 4.55. The standard InChI is InChI=1S/C12H14O/c1-3-10-4-6-11(7-5-10)12(2)8-13-9-12/h3-7H,1,8-9H2,2H3. The first kappa shape index (κ1) is 8.52. The highest BCUT2D eigenvalue weighted by Crippen LogP contribution is 2.31. The summed E-state index contributed by atoms with van der Waals surface area (Å²) in [5.74, 6) is 0. The maximum absolute atomic E-state index is 5.23. The molecule has 1 heterocycles. The van der Waals surface area contributed by atoms with Crippen LogP contribution in [0, 0.1) is 0 Å². The van der Waals surface area contributed by atoms with Gasteiger partial charge in [0.05, 0.1) is 13.2 Å². The molecule has 13 heavy (non-hydrogen) atoms. The molecule has 0 bridgehead atoms. The number of benzene rings is 1. The molecule has 1 saturated heterocycles. The van der Waals surface area contributed by atoms with Crippen molar-refractivity contribution in [1.29, 1.82) is 0 Å². The van der Waals surface area contributed by atoms with E-state index in [1.165, 1.54) is 11.1 Å². The van der Waals surface area contributed by atoms with Gasteiger partial charge in [-0.1, -0.05) is 43.8 Å². The second kappa shape index (κ2) is 3.00. The van der Waals surface area contributed by atoms with Crippen LogP contribution in [0.15, 0.2) is 30.8 Å². The van der Waals surface area contributed by atoms with Crippen molar-refractivity contribution >= 4 is 6.08 Å². The molecule has 1 aromatic rings. The van der Waals surface area contributed by atoms with Gasteiger partial charge in [-0.25, -0.2) is 0 Å². The van der Waals surface area contributed by atoms with Crippen LogP contribution in [-0.2, 0) is 10.2 Å². The molecule has 2 rings (SSSR count). The van der Waals surface area contributed by atoms with Crippen LogP contribution >= 0.6 is 0 Å². The quantitative estimate of drug-likeness (QED) is 0.669. The van der Waals surface area contributed by atoms with Crippen molar-refractivity contribution in [2.24, 2.45) is 0 Å². The molecule has 1 nitrogen and oxygen atoms in total. The first-order valence-corrected chi connectivity index (χ1v) is 4.55. The van der Waals surface area contributed by atoms with Crippen molar-refractivity contribution in [1.82, 2.24) is 0 Å². The lowest BCUT2D eigenvalue weighted by Gasteiger charge is -2.38. The molecule has 1 fully saturated rings. The minimum atomic E-state index is 0.250. The Morgan fingerprint density at radius 2 is 1.92 bits per heavy atom. The summed E-state index contributed by atoms with van der Waals surface area (Å²) in [7, 11) is 0. The van der Waals surface area contributed by atoms with Crippen molar-refractivity contribution in [3.05, 3.63) is 42.0 Å². The Morgan fingerprint density at radius 1 is 1.31 bits per heavy atom. The van der Waals surface area contributed by atoms with E-state index in [1.54, 1.807) is 0 Å². The third-order valence-corrected chi connectivity index (χ3v) is 2.68. The van der Waals surface area contributed by atoms with Crippen LogP contribution in [0.5, 0.6) is 0 Å². The second-order valence-electron chi connectivity index (χ2n) is 3.88. The van der Waals surface area contributed by atoms with Crippen LogP contribution in [0.25, 0.3) is 6.08 Å². The third-order valence-electron chi connectivity index (χ3n) is 2.68. The highest BCUT2D eigenvalue weighted by molar-refractivity contribution is 5.48. The van der Waals surface area contributed by atoms with Crippen molar-refractivity contribution in [2.75, 3.05) is 13.2 Å². The van der Waals surface area contributed by atoms with Gasteiger partial charge in [0.2, 0.25) is 0 Å². The summed E-state index contributed by atoms with van der Waals surface area (Å²) in [5.41, 5.74) is 2.79. The molecular weight excluding hydrogens is 160 g/mol. The molecule has 0 aromatic heterocycles. The maximum Gasteiger partial charge on any atom is 0.0582 e. The lowest BCUT2D eigenvalue weighted by molar-refractivity contribution is -0.0500. The molecule has 1 aliphatic rings. The fraction of sp³-hybridized carbons (Fsp3) is 0.333. The smallest absolute Gasteiger partial charge is 0.0582 e. The zero-order chi connectivity index (χ0) is 9.31. The summed E-state index contributed by atoms with van der Waals surface area (Å²) in [5, 5.41) is 0. The van der Waals surface area contributed by atoms with Crippen LogP contribution in [0.3, 0.4) is 0 Å². The molecule has 0 spiro atoms. The topological polar surface area (TPSA) is 9.23 Å². The Balaban J connectivity index is 2.27. The minimum absolute atomic E-state index is 0.250. The van der Waals surface area contributed by atoms with Gasteiger partial charge < -0.3 is 4.74 Å². The summed E-state index contributed by atoms with van der Waals surface area (Å²) in [4.78, 5) is 0. The Bertz CT molecular complexity index is 306. The van der Waals surface area contributed by atoms with E-state index in [1.807, 2.05) is 6.08 Å². The molecule has 0 radical (unpaired) electrons. The highest BCUT2D eigenvalue weighted by atomic mass is 16.5. The average molecular weight is 174 g/mol. The molecule has 68 valence electrons. The van der Waals surface area contributed by atoms with Crippen molar-refractivity contribution in [3.8, 4) is 0 Å². The number of hydrogen-bond donors (Lipinski definition) is 0. The predicted molar refractivity (Wildman–Crippen MR) is 54.7 cm³/mol. The van der Waals surface area contributed by atoms with Crippen LogP contribution in [0.4, 0.5) is 0 Å². The Hall–Kier alpha value is -1.08. The predicted octanol–water partition coefficient (Wildman–Crippen LogP) is 2.62. The van der Waals surface area contributed by atoms with Crippen LogP contribution < -0.4 is 0 Å². The van der Waals surface area contributed by atoms with E-state index in [2.05, 4.69) is 37.8 Å². The molecule has 0 atom stereocenters. The van der Waals surface area contributed by atoms with Gasteiger partial charge in [0, 0.05) is 5.41 Å². The van der Waals surface area contributed by atoms with Gasteiger partial charge >= 0.3 is 0 Å². The lowest BCUT2D eigenvalue weighted by atomic mass is 9.80. The Labute approximate surface area is 79.0 Å². The summed E-state index contributed by atoms with van der Waals surface area (Å²) in [6.45, 7) is 7.66. The van der Waals surface area contributed by atoms with Gasteiger partial charge in [0.1, 0.15) is 0 Å². The van der Waals surface area contributed by atoms with E-state index in [-0.39, 0.29) is 5.41 Å². The molecule has 0 N–H and O–H groups in total. The van der Waals surface area contributed by atoms with E-state index in [4.69, 9.17) is 4.74 Å². The van der Waals surface area contributed by atoms with E-state index in [0.717, 1.165) is 13.2 Å². The SMILES string of the molecule is C=Cc1ccc(C2(C)COC2)cc1. The summed E-state index contributed by atoms with van der Waals surface area (Å²) >= 11 is 0. The van der Waals surface area contributed by atoms with Gasteiger partial charge in [0.25, 0.3) is 0 Å². The summed E-state index contributed by atoms with van der Waals surface area (Å²) in [6.07, 6.45) is 1.86. The fourth-order valence-corrected chi connectivity index (χ4v) is 1.60. The van der Waals surface area contributed by atoms with Crippen LogP contribution in [-0.4, -0.2) is 13.2 Å². The second-order valence-corrected chi connectivity index (χ2v) is 3.88. The third kappa shape index (κ3) is 1.40. The molecule has 1 heteroatoms. The van der Waals surface area contributed by atoms with Gasteiger partial charge in [-0.3, -0.25) is 0 Å². The van der Waals surface area contributed by atoms with E-state index in [9.17, 15) is 0 Å². The average Bonchev–Trinajstić information content (AvgIpc) is 2.14. The monoisotopic (exact) mass is 174 g/mol. The van der Waals surface area contributed by atoms with Gasteiger partial charge in [-0.2, -0.15) is 0 Å². The van der Waals surface area contributed by atoms with Gasteiger partial charge in [-0.05, 0) is 11.1 Å². The largest absolute Gasteiger partial charge is 0.379 e. The van der Waals surface area contributed by atoms with Crippen LogP contribution in [0.2, 0.25) is 0 Å². The molecule has 1 aliphatic heterocycles. The first-order chi connectivity index (χ1) is 6.24. The number of rotatable bonds is 2. The summed E-state index contributed by atoms with van der Waals surface area (Å²) < 4.78 is 5.23. The zero-order valence-corrected chi connectivity index (χ0v) is 7.92. The van der Waals surface area contributed by atoms with E-state index >= 15 is 0 Å². The lowest BCUT2D eigenvalue weighted by Crippen LogP contribution is -2.43. The molecule has 1 aromatic carbocycles. The summed E-state index contributed by atoms with van der Waals surface area (Å²) in [6, 6.07) is 8.54. The minimum Gasteiger partial charge on any atom is -0.379 e. The molecule has 0 aliphatic carbocycles. The van der Waals surface area contributed by atoms with E-state index in [0.29, 0.717) is 0 Å². The van der Waals surface area contributed by atoms with Crippen molar-refractivity contribution in [3.63, 3.8) is 0 Å². The number of ether oxygens (including phenoxy) is 1. The normalized spacial score (nSPS) is 19.2. The van der Waals surface area contributed by atoms with Crippen molar-refractivity contribution < 1.29 is 4.74 Å². The number of hydrogen-bond acceptors (Lipinski definition) is 1. The molecule has 0 unspecified atom stereocenters. The molecular formula is C12H14O. The molecule has 0 saturated carbocycles. The maximum atomic E-state index is 5.23.